The minimum atomic E-state index is 0. The van der Waals surface area contributed by atoms with E-state index in [0.29, 0.717) is 0 Å². The molecule has 0 saturated heterocycles. The van der Waals surface area contributed by atoms with Gasteiger partial charge in [-0.25, -0.2) is 0 Å². The molecule has 0 spiro atoms. The van der Waals surface area contributed by atoms with Crippen LogP contribution in [-0.4, -0.2) is 6.79 Å². The minimum Gasteiger partial charge on any atom is -0.307 e. The minimum absolute atomic E-state index is 0. The van der Waals surface area contributed by atoms with Crippen LogP contribution in [0.1, 0.15) is 13.8 Å². The second kappa shape index (κ2) is 104. The van der Waals surface area contributed by atoms with Gasteiger partial charge < -0.3 is 4.79 Å². The van der Waals surface area contributed by atoms with Crippen LogP contribution in [-0.2, 0) is 4.79 Å². The Balaban J connectivity index is -0.00000000500. The predicted molar refractivity (Wildman–Crippen MR) is 28.8 cm³/mol. The van der Waals surface area contributed by atoms with Crippen LogP contribution in [0.5, 0.6) is 0 Å². The molecule has 0 amide bonds. The van der Waals surface area contributed by atoms with Crippen molar-refractivity contribution in [3.8, 4) is 0 Å². The van der Waals surface area contributed by atoms with E-state index >= 15 is 0 Å². The van der Waals surface area contributed by atoms with Crippen LogP contribution in [0, 0.1) is 38.6 Å². The summed E-state index contributed by atoms with van der Waals surface area (Å²) in [7, 11) is 0. The molecule has 0 saturated carbocycles. The van der Waals surface area contributed by atoms with E-state index in [0.717, 1.165) is 0 Å². The molecule has 0 aromatic heterocycles. The summed E-state index contributed by atoms with van der Waals surface area (Å²) in [6.07, 6.45) is 0. The molecule has 3 heteroatoms. The van der Waals surface area contributed by atoms with Gasteiger partial charge in [-0.2, -0.15) is 13.5 Å². The van der Waals surface area contributed by atoms with Crippen molar-refractivity contribution in [2.24, 2.45) is 0 Å². The second-order valence-corrected chi connectivity index (χ2v) is 0. The molecular formula is C3H10OSTb. The van der Waals surface area contributed by atoms with Gasteiger partial charge in [-0.1, -0.05) is 13.8 Å². The summed E-state index contributed by atoms with van der Waals surface area (Å²) in [6, 6.07) is 0. The predicted octanol–water partition coefficient (Wildman–Crippen LogP) is 0.954. The van der Waals surface area contributed by atoms with Gasteiger partial charge in [0, 0.05) is 38.6 Å². The third-order valence-corrected chi connectivity index (χ3v) is 0. The summed E-state index contributed by atoms with van der Waals surface area (Å²) < 4.78 is 0. The Bertz CT molecular complexity index is 10.8. The molecule has 0 aromatic carbocycles. The van der Waals surface area contributed by atoms with Gasteiger partial charge in [0.15, 0.2) is 0 Å². The van der Waals surface area contributed by atoms with E-state index in [1.165, 1.54) is 0 Å². The molecule has 0 rings (SSSR count). The molecular weight excluding hydrogens is 243 g/mol. The van der Waals surface area contributed by atoms with Crippen LogP contribution >= 0.6 is 13.5 Å². The standard InChI is InChI=1S/C2H6.CH2O.H2S.Tb/c2*1-2;;/h1-2H3;1H2;1H2;. The maximum Gasteiger partial charge on any atom is 0.106 e. The van der Waals surface area contributed by atoms with Crippen LogP contribution in [0.15, 0.2) is 0 Å². The third-order valence-electron chi connectivity index (χ3n) is 0. The van der Waals surface area contributed by atoms with E-state index in [1.807, 2.05) is 20.6 Å². The van der Waals surface area contributed by atoms with Crippen molar-refractivity contribution in [1.82, 2.24) is 0 Å². The fourth-order valence-electron chi connectivity index (χ4n) is 0. The van der Waals surface area contributed by atoms with Crippen LogP contribution < -0.4 is 0 Å². The summed E-state index contributed by atoms with van der Waals surface area (Å²) in [5.41, 5.74) is 0. The smallest absolute Gasteiger partial charge is 0.106 e. The van der Waals surface area contributed by atoms with Crippen molar-refractivity contribution in [3.63, 3.8) is 0 Å². The normalized spacial score (nSPS) is 1.67. The third kappa shape index (κ3) is 57.7. The quantitative estimate of drug-likeness (QED) is 0.628. The van der Waals surface area contributed by atoms with Gasteiger partial charge in [-0.05, 0) is 0 Å². The summed E-state index contributed by atoms with van der Waals surface area (Å²) in [6.45, 7) is 6.00. The molecule has 0 heterocycles. The zero-order valence-electron chi connectivity index (χ0n) is 3.95. The van der Waals surface area contributed by atoms with Crippen LogP contribution in [0.4, 0.5) is 0 Å². The van der Waals surface area contributed by atoms with Gasteiger partial charge in [0.2, 0.25) is 0 Å². The zero-order valence-corrected chi connectivity index (χ0v) is 7.09. The summed E-state index contributed by atoms with van der Waals surface area (Å²) in [5.74, 6) is 0. The first-order valence-corrected chi connectivity index (χ1v) is 1.29. The molecule has 0 fully saturated rings. The topological polar surface area (TPSA) is 17.1 Å². The first-order valence-electron chi connectivity index (χ1n) is 1.29. The van der Waals surface area contributed by atoms with Crippen molar-refractivity contribution in [3.05, 3.63) is 0 Å². The molecule has 6 heavy (non-hydrogen) atoms. The van der Waals surface area contributed by atoms with Crippen molar-refractivity contribution >= 4 is 20.3 Å². The van der Waals surface area contributed by atoms with Crippen molar-refractivity contribution in [1.29, 1.82) is 0 Å². The molecule has 0 bridgehead atoms. The molecule has 0 atom stereocenters. The average molecular weight is 253 g/mol. The summed E-state index contributed by atoms with van der Waals surface area (Å²) in [5, 5.41) is 0. The Morgan fingerprint density at radius 2 is 1.17 bits per heavy atom. The van der Waals surface area contributed by atoms with Crippen molar-refractivity contribution in [2.45, 2.75) is 13.8 Å². The first kappa shape index (κ1) is 26.6. The number of rotatable bonds is 0. The van der Waals surface area contributed by atoms with E-state index < -0.39 is 0 Å². The number of carbonyl (C=O) groups is 1. The summed E-state index contributed by atoms with van der Waals surface area (Å²) >= 11 is 0. The van der Waals surface area contributed by atoms with Crippen molar-refractivity contribution in [2.75, 3.05) is 0 Å². The van der Waals surface area contributed by atoms with Gasteiger partial charge in [0.05, 0.1) is 0 Å². The maximum atomic E-state index is 8.00. The van der Waals surface area contributed by atoms with Crippen LogP contribution in [0.25, 0.3) is 0 Å². The second-order valence-electron chi connectivity index (χ2n) is 0. The van der Waals surface area contributed by atoms with Gasteiger partial charge >= 0.3 is 0 Å². The Hall–Kier alpha value is 1.31. The molecule has 43 valence electrons. The zero-order chi connectivity index (χ0) is 4.00. The van der Waals surface area contributed by atoms with E-state index in [-0.39, 0.29) is 52.1 Å². The van der Waals surface area contributed by atoms with Crippen LogP contribution in [0.3, 0.4) is 0 Å². The number of carbonyl (C=O) groups excluding carboxylic acids is 1. The van der Waals surface area contributed by atoms with E-state index in [2.05, 4.69) is 0 Å². The van der Waals surface area contributed by atoms with Gasteiger partial charge in [0.25, 0.3) is 0 Å². The SMILES string of the molecule is C=O.CC.S.[Tb]. The first-order chi connectivity index (χ1) is 2.00. The fourth-order valence-corrected chi connectivity index (χ4v) is 0. The number of hydrogen-bond donors (Lipinski definition) is 0. The Kier molecular flexibility index (Phi) is 461. The Morgan fingerprint density at radius 1 is 1.17 bits per heavy atom. The fraction of sp³-hybridized carbons (Fsp3) is 0.667. The molecule has 1 radical (unpaired) electrons. The molecule has 1 nitrogen and oxygen atoms in total. The molecule has 0 N–H and O–H groups in total. The molecule has 0 aliphatic carbocycles. The monoisotopic (exact) mass is 253 g/mol. The average Bonchev–Trinajstić information content (AvgIpc) is 1.50. The number of hydrogen-bond acceptors (Lipinski definition) is 1. The van der Waals surface area contributed by atoms with Gasteiger partial charge in [0.1, 0.15) is 6.79 Å². The Morgan fingerprint density at radius 3 is 1.17 bits per heavy atom. The molecule has 0 aliphatic heterocycles. The summed E-state index contributed by atoms with van der Waals surface area (Å²) in [4.78, 5) is 8.00. The van der Waals surface area contributed by atoms with E-state index in [9.17, 15) is 0 Å². The largest absolute Gasteiger partial charge is 0.307 e. The van der Waals surface area contributed by atoms with Gasteiger partial charge in [-0.15, -0.1) is 0 Å². The molecule has 0 aliphatic rings. The molecule has 0 unspecified atom stereocenters. The maximum absolute atomic E-state index is 8.00. The van der Waals surface area contributed by atoms with Gasteiger partial charge in [-0.3, -0.25) is 0 Å². The Labute approximate surface area is 76.8 Å². The van der Waals surface area contributed by atoms with Crippen LogP contribution in [0.2, 0.25) is 0 Å². The van der Waals surface area contributed by atoms with Crippen molar-refractivity contribution < 1.29 is 43.4 Å². The van der Waals surface area contributed by atoms with E-state index in [1.54, 1.807) is 0 Å². The van der Waals surface area contributed by atoms with E-state index in [4.69, 9.17) is 4.79 Å². The molecule has 0 aromatic rings.